The Morgan fingerprint density at radius 2 is 1.76 bits per heavy atom. The maximum atomic E-state index is 12.7. The van der Waals surface area contributed by atoms with Gasteiger partial charge in [-0.05, 0) is 91.4 Å². The van der Waals surface area contributed by atoms with E-state index in [2.05, 4.69) is 40.3 Å². The van der Waals surface area contributed by atoms with E-state index in [1.165, 1.54) is 5.57 Å². The molecule has 4 fully saturated rings. The number of allylic oxidation sites excluding steroid dienone is 2. The third-order valence-corrected chi connectivity index (χ3v) is 12.7. The van der Waals surface area contributed by atoms with Gasteiger partial charge < -0.3 is 20.4 Å². The molecule has 0 radical (unpaired) electrons. The van der Waals surface area contributed by atoms with Gasteiger partial charge in [0, 0.05) is 11.3 Å². The summed E-state index contributed by atoms with van der Waals surface area (Å²) in [5.74, 6) is -0.161. The lowest BCUT2D eigenvalue weighted by Crippen LogP contribution is -2.66. The molecule has 5 rings (SSSR count). The van der Waals surface area contributed by atoms with E-state index in [1.807, 2.05) is 0 Å². The van der Waals surface area contributed by atoms with Gasteiger partial charge in [0.25, 0.3) is 0 Å². The number of aliphatic carboxylic acids is 1. The van der Waals surface area contributed by atoms with Gasteiger partial charge in [-0.2, -0.15) is 0 Å². The summed E-state index contributed by atoms with van der Waals surface area (Å²) in [4.78, 5) is 12.7. The molecule has 5 aliphatic carbocycles. The highest BCUT2D eigenvalue weighted by Crippen LogP contribution is 2.75. The van der Waals surface area contributed by atoms with Crippen molar-refractivity contribution in [3.8, 4) is 0 Å². The molecule has 190 valence electrons. The van der Waals surface area contributed by atoms with Crippen LogP contribution >= 0.6 is 0 Å². The van der Waals surface area contributed by atoms with Crippen LogP contribution in [0.3, 0.4) is 0 Å². The fourth-order valence-electron chi connectivity index (χ4n) is 10.2. The van der Waals surface area contributed by atoms with Crippen molar-refractivity contribution in [1.29, 1.82) is 0 Å². The molecule has 10 atom stereocenters. The zero-order valence-electron chi connectivity index (χ0n) is 21.4. The average molecular weight is 473 g/mol. The monoisotopic (exact) mass is 472 g/mol. The Labute approximate surface area is 204 Å². The minimum absolute atomic E-state index is 0.0177. The molecule has 5 heteroatoms. The maximum Gasteiger partial charge on any atom is 0.310 e. The zero-order chi connectivity index (χ0) is 24.9. The molecule has 0 aromatic carbocycles. The number of aliphatic hydroxyl groups is 3. The molecule has 4 N–H and O–H groups in total. The largest absolute Gasteiger partial charge is 0.481 e. The number of hydrogen-bond donors (Lipinski definition) is 4. The molecule has 0 aromatic rings. The van der Waals surface area contributed by atoms with Crippen molar-refractivity contribution in [2.75, 3.05) is 6.61 Å². The molecule has 10 unspecified atom stereocenters. The van der Waals surface area contributed by atoms with E-state index in [4.69, 9.17) is 0 Å². The first kappa shape index (κ1) is 24.5. The summed E-state index contributed by atoms with van der Waals surface area (Å²) in [6.07, 6.45) is 8.09. The van der Waals surface area contributed by atoms with Gasteiger partial charge in [0.15, 0.2) is 0 Å². The Bertz CT molecular complexity index is 941. The third kappa shape index (κ3) is 2.75. The van der Waals surface area contributed by atoms with E-state index < -0.39 is 29.0 Å². The van der Waals surface area contributed by atoms with Crippen LogP contribution in [0.15, 0.2) is 23.8 Å². The molecule has 34 heavy (non-hydrogen) atoms. The summed E-state index contributed by atoms with van der Waals surface area (Å²) >= 11 is 0. The fourth-order valence-corrected chi connectivity index (χ4v) is 10.2. The van der Waals surface area contributed by atoms with Crippen molar-refractivity contribution >= 4 is 5.97 Å². The molecule has 0 saturated heterocycles. The molecule has 4 saturated carbocycles. The first-order chi connectivity index (χ1) is 15.8. The van der Waals surface area contributed by atoms with Gasteiger partial charge in [-0.3, -0.25) is 4.79 Å². The van der Waals surface area contributed by atoms with E-state index >= 15 is 0 Å². The quantitative estimate of drug-likeness (QED) is 0.437. The van der Waals surface area contributed by atoms with Crippen LogP contribution in [0.2, 0.25) is 0 Å². The van der Waals surface area contributed by atoms with Crippen molar-refractivity contribution in [2.45, 2.75) is 97.7 Å². The SMILES string of the molecule is C=C1CC2C3=CCC4C5(C)CCC(O)C(C)(CO)C5CCC4(C)C3(C)CCC2(C(=O)O)CC1O. The predicted octanol–water partition coefficient (Wildman–Crippen LogP) is 4.71. The van der Waals surface area contributed by atoms with Crippen LogP contribution in [-0.2, 0) is 4.79 Å². The number of hydrogen-bond acceptors (Lipinski definition) is 4. The van der Waals surface area contributed by atoms with Crippen LogP contribution in [0.4, 0.5) is 0 Å². The summed E-state index contributed by atoms with van der Waals surface area (Å²) in [7, 11) is 0. The summed E-state index contributed by atoms with van der Waals surface area (Å²) in [5.41, 5.74) is 0.667. The Hall–Kier alpha value is -1.17. The molecular weight excluding hydrogens is 428 g/mol. The van der Waals surface area contributed by atoms with Gasteiger partial charge in [0.1, 0.15) is 0 Å². The van der Waals surface area contributed by atoms with Crippen LogP contribution < -0.4 is 0 Å². The zero-order valence-corrected chi connectivity index (χ0v) is 21.4. The van der Waals surface area contributed by atoms with E-state index in [-0.39, 0.29) is 41.1 Å². The Kier molecular flexibility index (Phi) is 5.36. The molecule has 0 aromatic heterocycles. The summed E-state index contributed by atoms with van der Waals surface area (Å²) in [6, 6.07) is 0. The molecule has 0 amide bonds. The lowest BCUT2D eigenvalue weighted by molar-refractivity contribution is -0.215. The molecule has 5 nitrogen and oxygen atoms in total. The van der Waals surface area contributed by atoms with E-state index in [0.29, 0.717) is 18.8 Å². The number of carbonyl (C=O) groups is 1. The van der Waals surface area contributed by atoms with Crippen LogP contribution in [0.1, 0.15) is 85.5 Å². The fraction of sp³-hybridized carbons (Fsp3) is 0.828. The van der Waals surface area contributed by atoms with Gasteiger partial charge in [-0.15, -0.1) is 0 Å². The van der Waals surface area contributed by atoms with Gasteiger partial charge in [-0.1, -0.05) is 45.9 Å². The second-order valence-electron chi connectivity index (χ2n) is 13.6. The highest BCUT2D eigenvalue weighted by Gasteiger charge is 2.69. The smallest absolute Gasteiger partial charge is 0.310 e. The summed E-state index contributed by atoms with van der Waals surface area (Å²) in [5, 5.41) is 42.2. The lowest BCUT2D eigenvalue weighted by atomic mass is 9.33. The molecule has 0 aliphatic heterocycles. The second-order valence-corrected chi connectivity index (χ2v) is 13.6. The number of carboxylic acid groups (broad SMARTS) is 1. The van der Waals surface area contributed by atoms with Crippen molar-refractivity contribution in [1.82, 2.24) is 0 Å². The Morgan fingerprint density at radius 1 is 1.06 bits per heavy atom. The maximum absolute atomic E-state index is 12.7. The summed E-state index contributed by atoms with van der Waals surface area (Å²) < 4.78 is 0. The standard InChI is InChI=1S/C29H44O5/c1-17-14-19-18-6-7-22-25(2)10-9-23(32)26(3,16-30)21(25)8-11-28(22,5)27(18,4)12-13-29(19,24(33)34)15-20(17)31/h6,19-23,30-32H,1,7-16H2,2-5H3,(H,33,34). The second kappa shape index (κ2) is 7.43. The Balaban J connectivity index is 1.59. The Morgan fingerprint density at radius 3 is 2.41 bits per heavy atom. The number of rotatable bonds is 2. The first-order valence-corrected chi connectivity index (χ1v) is 13.4. The van der Waals surface area contributed by atoms with Gasteiger partial charge >= 0.3 is 5.97 Å². The van der Waals surface area contributed by atoms with Crippen molar-refractivity contribution in [3.63, 3.8) is 0 Å². The molecule has 5 aliphatic rings. The molecule has 0 spiro atoms. The number of aliphatic hydroxyl groups excluding tert-OH is 3. The van der Waals surface area contributed by atoms with Gasteiger partial charge in [0.2, 0.25) is 0 Å². The highest BCUT2D eigenvalue weighted by atomic mass is 16.4. The van der Waals surface area contributed by atoms with Crippen molar-refractivity contribution < 1.29 is 25.2 Å². The minimum Gasteiger partial charge on any atom is -0.481 e. The average Bonchev–Trinajstić information content (AvgIpc) is 2.78. The molecular formula is C29H44O5. The first-order valence-electron chi connectivity index (χ1n) is 13.4. The number of carboxylic acids is 1. The van der Waals surface area contributed by atoms with E-state index in [0.717, 1.165) is 44.1 Å². The van der Waals surface area contributed by atoms with E-state index in [1.54, 1.807) is 0 Å². The lowest BCUT2D eigenvalue weighted by Gasteiger charge is -2.71. The van der Waals surface area contributed by atoms with Gasteiger partial charge in [0.05, 0.1) is 24.2 Å². The van der Waals surface area contributed by atoms with Crippen LogP contribution in [-0.4, -0.2) is 45.2 Å². The minimum atomic E-state index is -0.902. The van der Waals surface area contributed by atoms with Crippen LogP contribution in [0.25, 0.3) is 0 Å². The predicted molar refractivity (Wildman–Crippen MR) is 131 cm³/mol. The highest BCUT2D eigenvalue weighted by molar-refractivity contribution is 5.77. The van der Waals surface area contributed by atoms with Crippen LogP contribution in [0, 0.1) is 44.8 Å². The van der Waals surface area contributed by atoms with Crippen molar-refractivity contribution in [2.24, 2.45) is 44.8 Å². The van der Waals surface area contributed by atoms with Crippen molar-refractivity contribution in [3.05, 3.63) is 23.8 Å². The number of fused-ring (bicyclic) bond motifs is 7. The topological polar surface area (TPSA) is 98.0 Å². The molecule has 0 bridgehead atoms. The normalized spacial score (nSPS) is 54.7. The van der Waals surface area contributed by atoms with E-state index in [9.17, 15) is 25.2 Å². The third-order valence-electron chi connectivity index (χ3n) is 12.7. The molecule has 0 heterocycles. The summed E-state index contributed by atoms with van der Waals surface area (Å²) in [6.45, 7) is 13.5. The van der Waals surface area contributed by atoms with Gasteiger partial charge in [-0.25, -0.2) is 0 Å². The van der Waals surface area contributed by atoms with Crippen LogP contribution in [0.5, 0.6) is 0 Å².